The standard InChI is InChI=1S/C26H34N2O6/c1-5-13-27(20-16(3)9-7-10-17(20)4)23(31)21-26-12-11-25(6-2,34-26)19(24(32)33)18(26)22(30)28(21)14-8-15-29/h5,7,9-10,18-19,21,29H,1,6,8,11-15H2,2-4H3,(H,32,33)/t18-,19-,21?,25+,26?/m0/s1. The van der Waals surface area contributed by atoms with Crippen LogP contribution in [0.25, 0.3) is 0 Å². The van der Waals surface area contributed by atoms with E-state index in [4.69, 9.17) is 4.74 Å². The second-order valence-corrected chi connectivity index (χ2v) is 9.76. The number of aryl methyl sites for hydroxylation is 2. The van der Waals surface area contributed by atoms with Gasteiger partial charge in [-0.2, -0.15) is 0 Å². The lowest BCUT2D eigenvalue weighted by atomic mass is 9.65. The summed E-state index contributed by atoms with van der Waals surface area (Å²) in [5.74, 6) is -3.65. The van der Waals surface area contributed by atoms with Gasteiger partial charge in [0.25, 0.3) is 5.91 Å². The van der Waals surface area contributed by atoms with Gasteiger partial charge < -0.3 is 24.7 Å². The molecule has 2 unspecified atom stereocenters. The number of ether oxygens (including phenoxy) is 1. The molecule has 3 saturated heterocycles. The molecule has 8 heteroatoms. The second kappa shape index (κ2) is 8.82. The third kappa shape index (κ3) is 3.30. The highest BCUT2D eigenvalue weighted by Crippen LogP contribution is 2.64. The minimum absolute atomic E-state index is 0.141. The Bertz CT molecular complexity index is 1000. The first-order valence-corrected chi connectivity index (χ1v) is 12.0. The number of likely N-dealkylation sites (tertiary alicyclic amines) is 1. The lowest BCUT2D eigenvalue weighted by Gasteiger charge is -2.37. The number of anilines is 1. The maximum Gasteiger partial charge on any atom is 0.310 e. The number of para-hydroxylation sites is 1. The molecule has 5 atom stereocenters. The van der Waals surface area contributed by atoms with E-state index >= 15 is 0 Å². The van der Waals surface area contributed by atoms with Crippen LogP contribution in [0.2, 0.25) is 0 Å². The zero-order chi connectivity index (χ0) is 24.8. The molecule has 4 rings (SSSR count). The molecule has 3 aliphatic heterocycles. The molecule has 3 heterocycles. The van der Waals surface area contributed by atoms with E-state index in [2.05, 4.69) is 6.58 Å². The van der Waals surface area contributed by atoms with Crippen molar-refractivity contribution in [1.82, 2.24) is 4.90 Å². The smallest absolute Gasteiger partial charge is 0.310 e. The number of aliphatic carboxylic acids is 1. The van der Waals surface area contributed by atoms with E-state index in [-0.39, 0.29) is 31.5 Å². The van der Waals surface area contributed by atoms with Crippen molar-refractivity contribution in [2.75, 3.05) is 24.6 Å². The summed E-state index contributed by atoms with van der Waals surface area (Å²) < 4.78 is 6.55. The van der Waals surface area contributed by atoms with E-state index in [0.29, 0.717) is 25.7 Å². The topological polar surface area (TPSA) is 107 Å². The Morgan fingerprint density at radius 2 is 1.97 bits per heavy atom. The van der Waals surface area contributed by atoms with Crippen LogP contribution in [0, 0.1) is 25.7 Å². The average Bonchev–Trinajstić information content (AvgIpc) is 3.40. The fraction of sp³-hybridized carbons (Fsp3) is 0.577. The van der Waals surface area contributed by atoms with Gasteiger partial charge in [0.15, 0.2) is 0 Å². The van der Waals surface area contributed by atoms with Crippen molar-refractivity contribution in [1.29, 1.82) is 0 Å². The van der Waals surface area contributed by atoms with E-state index in [1.807, 2.05) is 39.0 Å². The van der Waals surface area contributed by atoms with Crippen LogP contribution in [0.4, 0.5) is 5.69 Å². The number of aliphatic hydroxyl groups excluding tert-OH is 1. The second-order valence-electron chi connectivity index (χ2n) is 9.76. The molecule has 0 radical (unpaired) electrons. The first kappa shape index (κ1) is 24.4. The highest BCUT2D eigenvalue weighted by atomic mass is 16.5. The molecular weight excluding hydrogens is 436 g/mol. The molecule has 0 saturated carbocycles. The molecule has 3 fully saturated rings. The summed E-state index contributed by atoms with van der Waals surface area (Å²) >= 11 is 0. The quantitative estimate of drug-likeness (QED) is 0.537. The Balaban J connectivity index is 1.85. The van der Waals surface area contributed by atoms with Crippen LogP contribution in [-0.2, 0) is 19.1 Å². The van der Waals surface area contributed by atoms with E-state index in [0.717, 1.165) is 16.8 Å². The number of hydrogen-bond acceptors (Lipinski definition) is 5. The first-order valence-electron chi connectivity index (χ1n) is 12.0. The van der Waals surface area contributed by atoms with Gasteiger partial charge in [0, 0.05) is 25.4 Å². The van der Waals surface area contributed by atoms with Gasteiger partial charge in [-0.1, -0.05) is 31.2 Å². The van der Waals surface area contributed by atoms with Crippen molar-refractivity contribution in [3.8, 4) is 0 Å². The Kier molecular flexibility index (Phi) is 6.33. The predicted octanol–water partition coefficient (Wildman–Crippen LogP) is 2.44. The minimum atomic E-state index is -1.20. The van der Waals surface area contributed by atoms with Gasteiger partial charge in [-0.3, -0.25) is 14.4 Å². The number of carboxylic acid groups (broad SMARTS) is 1. The molecule has 0 aromatic heterocycles. The lowest BCUT2D eigenvalue weighted by Crippen LogP contribution is -2.56. The molecule has 1 spiro atoms. The van der Waals surface area contributed by atoms with Crippen LogP contribution >= 0.6 is 0 Å². The highest BCUT2D eigenvalue weighted by molar-refractivity contribution is 6.05. The van der Waals surface area contributed by atoms with Gasteiger partial charge in [-0.25, -0.2) is 0 Å². The zero-order valence-corrected chi connectivity index (χ0v) is 20.1. The highest BCUT2D eigenvalue weighted by Gasteiger charge is 2.79. The SMILES string of the molecule is C=CCN(C(=O)C1N(CCCO)C(=O)[C@@H]2[C@@H](C(=O)O)[C@@]3(CC)CCC12O3)c1c(C)cccc1C. The molecule has 2 bridgehead atoms. The van der Waals surface area contributed by atoms with Crippen LogP contribution in [0.5, 0.6) is 0 Å². The maximum atomic E-state index is 14.3. The summed E-state index contributed by atoms with van der Waals surface area (Å²) in [5, 5.41) is 19.6. The van der Waals surface area contributed by atoms with Crippen molar-refractivity contribution in [2.45, 2.75) is 63.7 Å². The van der Waals surface area contributed by atoms with Crippen LogP contribution in [0.1, 0.15) is 43.7 Å². The van der Waals surface area contributed by atoms with Crippen molar-refractivity contribution in [3.63, 3.8) is 0 Å². The van der Waals surface area contributed by atoms with Crippen molar-refractivity contribution < 1.29 is 29.3 Å². The third-order valence-corrected chi connectivity index (χ3v) is 8.03. The number of fused-ring (bicyclic) bond motifs is 1. The molecular formula is C26H34N2O6. The molecule has 0 aliphatic carbocycles. The van der Waals surface area contributed by atoms with Gasteiger partial charge >= 0.3 is 5.97 Å². The normalized spacial score (nSPS) is 31.6. The molecule has 1 aromatic carbocycles. The number of carbonyl (C=O) groups excluding carboxylic acids is 2. The Morgan fingerprint density at radius 1 is 1.29 bits per heavy atom. The Morgan fingerprint density at radius 3 is 2.53 bits per heavy atom. The number of amides is 2. The van der Waals surface area contributed by atoms with Crippen molar-refractivity contribution in [3.05, 3.63) is 42.0 Å². The summed E-state index contributed by atoms with van der Waals surface area (Å²) in [4.78, 5) is 43.6. The number of aliphatic hydroxyl groups is 1. The number of nitrogens with zero attached hydrogens (tertiary/aromatic N) is 2. The first-order chi connectivity index (χ1) is 16.2. The fourth-order valence-corrected chi connectivity index (χ4v) is 6.65. The zero-order valence-electron chi connectivity index (χ0n) is 20.1. The summed E-state index contributed by atoms with van der Waals surface area (Å²) in [5.41, 5.74) is 0.448. The molecule has 8 nitrogen and oxygen atoms in total. The van der Waals surface area contributed by atoms with Crippen molar-refractivity contribution in [2.24, 2.45) is 11.8 Å². The van der Waals surface area contributed by atoms with E-state index in [1.165, 1.54) is 4.90 Å². The largest absolute Gasteiger partial charge is 0.481 e. The summed E-state index contributed by atoms with van der Waals surface area (Å²) in [6.07, 6.45) is 3.34. The van der Waals surface area contributed by atoms with Crippen LogP contribution in [-0.4, -0.2) is 69.8 Å². The summed E-state index contributed by atoms with van der Waals surface area (Å²) in [7, 11) is 0. The van der Waals surface area contributed by atoms with E-state index < -0.39 is 35.0 Å². The summed E-state index contributed by atoms with van der Waals surface area (Å²) in [6, 6.07) is 4.82. The molecule has 1 aromatic rings. The number of carboxylic acids is 1. The van der Waals surface area contributed by atoms with Crippen LogP contribution in [0.15, 0.2) is 30.9 Å². The minimum Gasteiger partial charge on any atom is -0.481 e. The monoisotopic (exact) mass is 470 g/mol. The van der Waals surface area contributed by atoms with Crippen molar-refractivity contribution >= 4 is 23.5 Å². The Hall–Kier alpha value is -2.71. The van der Waals surface area contributed by atoms with Gasteiger partial charge in [-0.15, -0.1) is 6.58 Å². The molecule has 2 amide bonds. The van der Waals surface area contributed by atoms with E-state index in [9.17, 15) is 24.6 Å². The van der Waals surface area contributed by atoms with Crippen LogP contribution in [0.3, 0.4) is 0 Å². The summed E-state index contributed by atoms with van der Waals surface area (Å²) in [6.45, 7) is 9.83. The van der Waals surface area contributed by atoms with Gasteiger partial charge in [0.05, 0.1) is 11.5 Å². The lowest BCUT2D eigenvalue weighted by molar-refractivity contribution is -0.155. The van der Waals surface area contributed by atoms with Gasteiger partial charge in [0.1, 0.15) is 17.6 Å². The van der Waals surface area contributed by atoms with Crippen LogP contribution < -0.4 is 4.90 Å². The van der Waals surface area contributed by atoms with Gasteiger partial charge in [-0.05, 0) is 50.7 Å². The number of carbonyl (C=O) groups is 3. The Labute approximate surface area is 200 Å². The molecule has 2 N–H and O–H groups in total. The fourth-order valence-electron chi connectivity index (χ4n) is 6.65. The molecule has 184 valence electrons. The molecule has 34 heavy (non-hydrogen) atoms. The van der Waals surface area contributed by atoms with Gasteiger partial charge in [0.2, 0.25) is 5.91 Å². The number of rotatable bonds is 9. The predicted molar refractivity (Wildman–Crippen MR) is 126 cm³/mol. The maximum absolute atomic E-state index is 14.3. The van der Waals surface area contributed by atoms with E-state index in [1.54, 1.807) is 11.0 Å². The number of benzene rings is 1. The average molecular weight is 471 g/mol. The molecule has 3 aliphatic rings. The number of hydrogen-bond donors (Lipinski definition) is 2. The third-order valence-electron chi connectivity index (χ3n) is 8.03.